The molecule has 0 radical (unpaired) electrons. The summed E-state index contributed by atoms with van der Waals surface area (Å²) in [7, 11) is 5.42. The van der Waals surface area contributed by atoms with E-state index in [1.807, 2.05) is 31.2 Å². The largest absolute Gasteiger partial charge is 0.489 e. The first-order chi connectivity index (χ1) is 13.8. The van der Waals surface area contributed by atoms with Crippen molar-refractivity contribution in [1.29, 1.82) is 0 Å². The molecule has 0 aliphatic heterocycles. The third-order valence-corrected chi connectivity index (χ3v) is 4.37. The maximum absolute atomic E-state index is 11.9. The van der Waals surface area contributed by atoms with Gasteiger partial charge in [0.15, 0.2) is 0 Å². The van der Waals surface area contributed by atoms with Gasteiger partial charge in [0.25, 0.3) is 0 Å². The van der Waals surface area contributed by atoms with Crippen LogP contribution in [0.25, 0.3) is 0 Å². The summed E-state index contributed by atoms with van der Waals surface area (Å²) in [6, 6.07) is 9.91. The summed E-state index contributed by atoms with van der Waals surface area (Å²) >= 11 is 0. The molecule has 2 amide bonds. The van der Waals surface area contributed by atoms with Gasteiger partial charge in [-0.2, -0.15) is 0 Å². The molecular weight excluding hydrogens is 370 g/mol. The number of carbonyl (C=O) groups is 2. The Balaban J connectivity index is 1.75. The van der Waals surface area contributed by atoms with E-state index < -0.39 is 0 Å². The van der Waals surface area contributed by atoms with E-state index >= 15 is 0 Å². The van der Waals surface area contributed by atoms with Crippen LogP contribution in [0.4, 0.5) is 0 Å². The lowest BCUT2D eigenvalue weighted by Crippen LogP contribution is -2.34. The monoisotopic (exact) mass is 401 g/mol. The van der Waals surface area contributed by atoms with Crippen molar-refractivity contribution in [2.24, 2.45) is 0 Å². The Bertz CT molecular complexity index is 774. The van der Waals surface area contributed by atoms with Crippen molar-refractivity contribution >= 4 is 11.8 Å². The Morgan fingerprint density at radius 1 is 1.10 bits per heavy atom. The quantitative estimate of drug-likeness (QED) is 0.627. The van der Waals surface area contributed by atoms with E-state index in [2.05, 4.69) is 23.3 Å². The van der Waals surface area contributed by atoms with Crippen LogP contribution in [0.2, 0.25) is 0 Å². The van der Waals surface area contributed by atoms with Gasteiger partial charge in [-0.05, 0) is 37.7 Å². The molecule has 0 aliphatic carbocycles. The fraction of sp³-hybridized carbons (Fsp3) is 0.455. The summed E-state index contributed by atoms with van der Waals surface area (Å²) in [5, 5.41) is 2.82. The minimum Gasteiger partial charge on any atom is -0.489 e. The van der Waals surface area contributed by atoms with Crippen LogP contribution in [-0.2, 0) is 22.7 Å². The molecule has 1 aromatic heterocycles. The van der Waals surface area contributed by atoms with Gasteiger partial charge in [-0.1, -0.05) is 12.1 Å². The summed E-state index contributed by atoms with van der Waals surface area (Å²) in [6.45, 7) is 3.89. The number of nitrogens with one attached hydrogen (secondary N) is 1. The number of ether oxygens (including phenoxy) is 1. The SMILES string of the molecule is CC(CNC(=O)CCC(=O)N(C)C)Oc1cccc(CN(C)Cc2ccoc2)c1. The Labute approximate surface area is 172 Å². The van der Waals surface area contributed by atoms with Crippen molar-refractivity contribution < 1.29 is 18.7 Å². The lowest BCUT2D eigenvalue weighted by atomic mass is 10.2. The van der Waals surface area contributed by atoms with Crippen molar-refractivity contribution in [3.05, 3.63) is 54.0 Å². The Kier molecular flexibility index (Phi) is 8.73. The van der Waals surface area contributed by atoms with Crippen LogP contribution in [0.15, 0.2) is 47.3 Å². The molecular formula is C22H31N3O4. The van der Waals surface area contributed by atoms with Gasteiger partial charge < -0.3 is 19.4 Å². The molecule has 1 heterocycles. The Hall–Kier alpha value is -2.80. The van der Waals surface area contributed by atoms with Gasteiger partial charge in [0.1, 0.15) is 11.9 Å². The minimum absolute atomic E-state index is 0.0565. The van der Waals surface area contributed by atoms with Gasteiger partial charge in [-0.3, -0.25) is 14.5 Å². The molecule has 158 valence electrons. The third-order valence-electron chi connectivity index (χ3n) is 4.37. The van der Waals surface area contributed by atoms with E-state index in [1.54, 1.807) is 26.6 Å². The number of hydrogen-bond donors (Lipinski definition) is 1. The molecule has 7 nitrogen and oxygen atoms in total. The second-order valence-electron chi connectivity index (χ2n) is 7.47. The second kappa shape index (κ2) is 11.3. The molecule has 1 unspecified atom stereocenters. The topological polar surface area (TPSA) is 75.0 Å². The smallest absolute Gasteiger partial charge is 0.222 e. The van der Waals surface area contributed by atoms with Gasteiger partial charge in [0, 0.05) is 45.6 Å². The molecule has 0 bridgehead atoms. The first kappa shape index (κ1) is 22.5. The molecule has 29 heavy (non-hydrogen) atoms. The van der Waals surface area contributed by atoms with Crippen LogP contribution in [-0.4, -0.2) is 55.4 Å². The molecule has 0 spiro atoms. The van der Waals surface area contributed by atoms with Crippen molar-refractivity contribution in [3.8, 4) is 5.75 Å². The fourth-order valence-electron chi connectivity index (χ4n) is 2.84. The highest BCUT2D eigenvalue weighted by molar-refractivity contribution is 5.83. The van der Waals surface area contributed by atoms with E-state index in [0.29, 0.717) is 6.54 Å². The highest BCUT2D eigenvalue weighted by Gasteiger charge is 2.11. The molecule has 2 aromatic rings. The minimum atomic E-state index is -0.178. The Morgan fingerprint density at radius 3 is 2.55 bits per heavy atom. The molecule has 0 fully saturated rings. The van der Waals surface area contributed by atoms with Gasteiger partial charge in [-0.25, -0.2) is 0 Å². The fourth-order valence-corrected chi connectivity index (χ4v) is 2.84. The normalized spacial score (nSPS) is 11.9. The van der Waals surface area contributed by atoms with Gasteiger partial charge in [0.05, 0.1) is 19.1 Å². The standard InChI is InChI=1S/C22H31N3O4/c1-17(13-23-21(26)8-9-22(27)24(2)3)29-20-7-5-6-18(12-20)14-25(4)15-19-10-11-28-16-19/h5-7,10-12,16-17H,8-9,13-15H2,1-4H3,(H,23,26). The highest BCUT2D eigenvalue weighted by atomic mass is 16.5. The number of nitrogens with zero attached hydrogens (tertiary/aromatic N) is 2. The van der Waals surface area contributed by atoms with Crippen LogP contribution in [0.1, 0.15) is 30.9 Å². The number of benzene rings is 1. The zero-order valence-electron chi connectivity index (χ0n) is 17.7. The summed E-state index contributed by atoms with van der Waals surface area (Å²) < 4.78 is 11.0. The van der Waals surface area contributed by atoms with Crippen molar-refractivity contribution in [1.82, 2.24) is 15.1 Å². The lowest BCUT2D eigenvalue weighted by Gasteiger charge is -2.18. The van der Waals surface area contributed by atoms with Crippen molar-refractivity contribution in [2.45, 2.75) is 39.0 Å². The van der Waals surface area contributed by atoms with Crippen LogP contribution in [0, 0.1) is 0 Å². The first-order valence-electron chi connectivity index (χ1n) is 9.75. The zero-order valence-corrected chi connectivity index (χ0v) is 17.7. The average Bonchev–Trinajstić information content (AvgIpc) is 3.17. The maximum atomic E-state index is 11.9. The van der Waals surface area contributed by atoms with Crippen LogP contribution < -0.4 is 10.1 Å². The van der Waals surface area contributed by atoms with Crippen LogP contribution in [0.5, 0.6) is 5.75 Å². The van der Waals surface area contributed by atoms with Gasteiger partial charge in [0.2, 0.25) is 11.8 Å². The summed E-state index contributed by atoms with van der Waals surface area (Å²) in [6.07, 6.45) is 3.65. The van der Waals surface area contributed by atoms with Gasteiger partial charge in [-0.15, -0.1) is 0 Å². The van der Waals surface area contributed by atoms with E-state index in [-0.39, 0.29) is 30.8 Å². The molecule has 7 heteroatoms. The summed E-state index contributed by atoms with van der Waals surface area (Å²) in [4.78, 5) is 27.1. The number of carbonyl (C=O) groups excluding carboxylic acids is 2. The molecule has 1 atom stereocenters. The highest BCUT2D eigenvalue weighted by Crippen LogP contribution is 2.17. The molecule has 1 aromatic carbocycles. The van der Waals surface area contributed by atoms with E-state index in [1.165, 1.54) is 4.90 Å². The number of amides is 2. The van der Waals surface area contributed by atoms with Gasteiger partial charge >= 0.3 is 0 Å². The summed E-state index contributed by atoms with van der Waals surface area (Å²) in [5.41, 5.74) is 2.28. The predicted molar refractivity (Wildman–Crippen MR) is 111 cm³/mol. The third kappa shape index (κ3) is 8.39. The first-order valence-corrected chi connectivity index (χ1v) is 9.75. The number of furan rings is 1. The number of hydrogen-bond acceptors (Lipinski definition) is 5. The molecule has 1 N–H and O–H groups in total. The number of rotatable bonds is 11. The maximum Gasteiger partial charge on any atom is 0.222 e. The predicted octanol–water partition coefficient (Wildman–Crippen LogP) is 2.66. The van der Waals surface area contributed by atoms with Crippen molar-refractivity contribution in [3.63, 3.8) is 0 Å². The van der Waals surface area contributed by atoms with E-state index in [9.17, 15) is 9.59 Å². The second-order valence-corrected chi connectivity index (χ2v) is 7.47. The molecule has 2 rings (SSSR count). The average molecular weight is 402 g/mol. The van der Waals surface area contributed by atoms with E-state index in [4.69, 9.17) is 9.15 Å². The lowest BCUT2D eigenvalue weighted by molar-refractivity contribution is -0.131. The molecule has 0 saturated carbocycles. The van der Waals surface area contributed by atoms with Crippen LogP contribution in [0.3, 0.4) is 0 Å². The van der Waals surface area contributed by atoms with Crippen molar-refractivity contribution in [2.75, 3.05) is 27.7 Å². The summed E-state index contributed by atoms with van der Waals surface area (Å²) in [5.74, 6) is 0.563. The zero-order chi connectivity index (χ0) is 21.2. The van der Waals surface area contributed by atoms with Crippen LogP contribution >= 0.6 is 0 Å². The Morgan fingerprint density at radius 2 is 1.86 bits per heavy atom. The molecule has 0 saturated heterocycles. The van der Waals surface area contributed by atoms with E-state index in [0.717, 1.165) is 30.0 Å². The molecule has 0 aliphatic rings.